The minimum absolute atomic E-state index is 0.0676. The number of nitrogen functional groups attached to an aromatic ring is 1. The Morgan fingerprint density at radius 1 is 1.47 bits per heavy atom. The molecule has 0 aliphatic heterocycles. The van der Waals surface area contributed by atoms with Crippen molar-refractivity contribution >= 4 is 17.4 Å². The van der Waals surface area contributed by atoms with Gasteiger partial charge in [0.1, 0.15) is 17.0 Å². The summed E-state index contributed by atoms with van der Waals surface area (Å²) >= 11 is 6.17. The molecule has 0 saturated heterocycles. The number of amidine groups is 1. The topological polar surface area (TPSA) is 72.0 Å². The second kappa shape index (κ2) is 5.37. The fraction of sp³-hybridized carbons (Fsp3) is 0.571. The van der Waals surface area contributed by atoms with Gasteiger partial charge in [0.05, 0.1) is 0 Å². The van der Waals surface area contributed by atoms with Crippen LogP contribution in [-0.2, 0) is 0 Å². The largest absolute Gasteiger partial charge is 0.473 e. The Balaban J connectivity index is 2.08. The average molecular weight is 282 g/mol. The maximum Gasteiger partial charge on any atom is 0.233 e. The molecule has 0 bridgehead atoms. The molecule has 4 nitrogen and oxygen atoms in total. The molecule has 0 unspecified atom stereocenters. The molecule has 1 aromatic rings. The van der Waals surface area contributed by atoms with Crippen molar-refractivity contribution in [2.75, 3.05) is 0 Å². The highest BCUT2D eigenvalue weighted by atomic mass is 35.5. The predicted molar refractivity (Wildman–Crippen MR) is 76.9 cm³/mol. The van der Waals surface area contributed by atoms with Gasteiger partial charge in [-0.05, 0) is 37.2 Å². The maximum absolute atomic E-state index is 7.45. The summed E-state index contributed by atoms with van der Waals surface area (Å²) in [6.45, 7) is 4.57. The molecule has 0 radical (unpaired) electrons. The van der Waals surface area contributed by atoms with Crippen LogP contribution in [0.2, 0.25) is 5.02 Å². The zero-order valence-electron chi connectivity index (χ0n) is 11.4. The molecule has 1 aliphatic carbocycles. The third kappa shape index (κ3) is 3.38. The van der Waals surface area contributed by atoms with Gasteiger partial charge >= 0.3 is 0 Å². The Labute approximate surface area is 118 Å². The van der Waals surface area contributed by atoms with E-state index in [0.29, 0.717) is 21.9 Å². The molecule has 5 heteroatoms. The van der Waals surface area contributed by atoms with Crippen molar-refractivity contribution in [3.8, 4) is 5.88 Å². The van der Waals surface area contributed by atoms with Crippen molar-refractivity contribution in [3.63, 3.8) is 0 Å². The molecule has 1 saturated carbocycles. The van der Waals surface area contributed by atoms with Gasteiger partial charge < -0.3 is 10.5 Å². The molecule has 104 valence electrons. The lowest BCUT2D eigenvalue weighted by Crippen LogP contribution is -2.28. The number of halogens is 1. The molecular formula is C14H20ClN3O. The van der Waals surface area contributed by atoms with Crippen LogP contribution in [0.5, 0.6) is 5.88 Å². The van der Waals surface area contributed by atoms with Crippen LogP contribution >= 0.6 is 11.6 Å². The van der Waals surface area contributed by atoms with Crippen molar-refractivity contribution in [1.29, 1.82) is 5.41 Å². The summed E-state index contributed by atoms with van der Waals surface area (Å²) in [5.74, 6) is 0.320. The van der Waals surface area contributed by atoms with Gasteiger partial charge in [-0.25, -0.2) is 4.98 Å². The van der Waals surface area contributed by atoms with Crippen LogP contribution in [-0.4, -0.2) is 16.9 Å². The van der Waals surface area contributed by atoms with Gasteiger partial charge in [-0.2, -0.15) is 0 Å². The van der Waals surface area contributed by atoms with Crippen molar-refractivity contribution in [2.24, 2.45) is 11.1 Å². The van der Waals surface area contributed by atoms with Crippen molar-refractivity contribution < 1.29 is 4.74 Å². The number of nitrogens with one attached hydrogen (secondary N) is 1. The van der Waals surface area contributed by atoms with Gasteiger partial charge in [-0.3, -0.25) is 5.41 Å². The van der Waals surface area contributed by atoms with Crippen LogP contribution in [0.15, 0.2) is 12.3 Å². The number of pyridine rings is 1. The molecule has 1 aliphatic rings. The normalized spacial score (nSPS) is 19.1. The average Bonchev–Trinajstić information content (AvgIpc) is 2.34. The predicted octanol–water partition coefficient (Wildman–Crippen LogP) is 3.37. The van der Waals surface area contributed by atoms with Gasteiger partial charge in [0.25, 0.3) is 0 Å². The number of hydrogen-bond donors (Lipinski definition) is 2. The van der Waals surface area contributed by atoms with E-state index < -0.39 is 0 Å². The second-order valence-electron chi connectivity index (χ2n) is 5.87. The van der Waals surface area contributed by atoms with E-state index in [4.69, 9.17) is 27.5 Å². The van der Waals surface area contributed by atoms with Gasteiger partial charge in [-0.15, -0.1) is 0 Å². The van der Waals surface area contributed by atoms with Gasteiger partial charge in [0.2, 0.25) is 5.88 Å². The van der Waals surface area contributed by atoms with Crippen LogP contribution in [0.25, 0.3) is 0 Å². The van der Waals surface area contributed by atoms with Crippen LogP contribution in [0, 0.1) is 10.8 Å². The van der Waals surface area contributed by atoms with Crippen LogP contribution in [0.1, 0.15) is 45.1 Å². The summed E-state index contributed by atoms with van der Waals surface area (Å²) < 4.78 is 5.87. The maximum atomic E-state index is 7.45. The van der Waals surface area contributed by atoms with E-state index in [9.17, 15) is 0 Å². The number of ether oxygens (including phenoxy) is 1. The van der Waals surface area contributed by atoms with E-state index in [1.807, 2.05) is 0 Å². The molecule has 1 heterocycles. The second-order valence-corrected chi connectivity index (χ2v) is 6.25. The van der Waals surface area contributed by atoms with E-state index in [0.717, 1.165) is 25.7 Å². The Kier molecular flexibility index (Phi) is 3.99. The van der Waals surface area contributed by atoms with Crippen LogP contribution in [0.3, 0.4) is 0 Å². The molecule has 0 spiro atoms. The zero-order chi connectivity index (χ0) is 14.0. The molecule has 0 amide bonds. The first-order valence-corrected chi connectivity index (χ1v) is 6.92. The molecule has 1 fully saturated rings. The third-order valence-electron chi connectivity index (χ3n) is 3.71. The summed E-state index contributed by atoms with van der Waals surface area (Å²) in [5.41, 5.74) is 6.34. The molecule has 19 heavy (non-hydrogen) atoms. The van der Waals surface area contributed by atoms with Crippen molar-refractivity contribution in [1.82, 2.24) is 4.98 Å². The molecule has 2 rings (SSSR count). The summed E-state index contributed by atoms with van der Waals surface area (Å²) in [6.07, 6.45) is 6.03. The Bertz CT molecular complexity index is 478. The Morgan fingerprint density at radius 2 is 2.11 bits per heavy atom. The lowest BCUT2D eigenvalue weighted by molar-refractivity contribution is 0.0950. The number of hydrogen-bond acceptors (Lipinski definition) is 3. The van der Waals surface area contributed by atoms with Crippen molar-refractivity contribution in [3.05, 3.63) is 22.8 Å². The quantitative estimate of drug-likeness (QED) is 0.659. The highest BCUT2D eigenvalue weighted by Gasteiger charge is 2.28. The SMILES string of the molecule is CC1(C)CCC(Oc2nccc(C(=N)N)c2Cl)CC1. The summed E-state index contributed by atoms with van der Waals surface area (Å²) in [4.78, 5) is 4.15. The fourth-order valence-corrected chi connectivity index (χ4v) is 2.62. The first-order chi connectivity index (χ1) is 8.89. The van der Waals surface area contributed by atoms with E-state index in [1.54, 1.807) is 12.3 Å². The first kappa shape index (κ1) is 14.1. The highest BCUT2D eigenvalue weighted by molar-refractivity contribution is 6.35. The lowest BCUT2D eigenvalue weighted by Gasteiger charge is -2.34. The van der Waals surface area contributed by atoms with Gasteiger partial charge in [0.15, 0.2) is 0 Å². The van der Waals surface area contributed by atoms with Crippen LogP contribution in [0.4, 0.5) is 0 Å². The Morgan fingerprint density at radius 3 is 2.68 bits per heavy atom. The number of nitrogens with zero attached hydrogens (tertiary/aromatic N) is 1. The monoisotopic (exact) mass is 281 g/mol. The van der Waals surface area contributed by atoms with Crippen molar-refractivity contribution in [2.45, 2.75) is 45.6 Å². The molecule has 0 aromatic carbocycles. The third-order valence-corrected chi connectivity index (χ3v) is 4.08. The lowest BCUT2D eigenvalue weighted by atomic mass is 9.76. The Hall–Kier alpha value is -1.29. The van der Waals surface area contributed by atoms with Gasteiger partial charge in [-0.1, -0.05) is 25.4 Å². The van der Waals surface area contributed by atoms with Gasteiger partial charge in [0, 0.05) is 11.8 Å². The molecule has 3 N–H and O–H groups in total. The smallest absolute Gasteiger partial charge is 0.233 e. The fourth-order valence-electron chi connectivity index (χ4n) is 2.36. The number of nitrogens with two attached hydrogens (primary N) is 1. The first-order valence-electron chi connectivity index (χ1n) is 6.54. The van der Waals surface area contributed by atoms with Crippen LogP contribution < -0.4 is 10.5 Å². The molecule has 0 atom stereocenters. The summed E-state index contributed by atoms with van der Waals surface area (Å²) in [7, 11) is 0. The minimum atomic E-state index is -0.0676. The van der Waals surface area contributed by atoms with E-state index in [1.165, 1.54) is 0 Å². The minimum Gasteiger partial charge on any atom is -0.473 e. The molecule has 1 aromatic heterocycles. The van der Waals surface area contributed by atoms with E-state index >= 15 is 0 Å². The number of aromatic nitrogens is 1. The zero-order valence-corrected chi connectivity index (χ0v) is 12.1. The number of rotatable bonds is 3. The summed E-state index contributed by atoms with van der Waals surface area (Å²) in [6, 6.07) is 1.63. The highest BCUT2D eigenvalue weighted by Crippen LogP contribution is 2.37. The molecular weight excluding hydrogens is 262 g/mol. The summed E-state index contributed by atoms with van der Waals surface area (Å²) in [5, 5.41) is 7.79. The standard InChI is InChI=1S/C14H20ClN3O/c1-14(2)6-3-9(4-7-14)19-13-11(15)10(12(16)17)5-8-18-13/h5,8-9H,3-4,6-7H2,1-2H3,(H3,16,17). The van der Waals surface area contributed by atoms with E-state index in [-0.39, 0.29) is 11.9 Å². The van der Waals surface area contributed by atoms with E-state index in [2.05, 4.69) is 18.8 Å².